The van der Waals surface area contributed by atoms with Crippen molar-refractivity contribution < 1.29 is 9.47 Å². The summed E-state index contributed by atoms with van der Waals surface area (Å²) in [5.41, 5.74) is 1.85. The van der Waals surface area contributed by atoms with Crippen LogP contribution in [0, 0.1) is 0 Å². The Kier molecular flexibility index (Phi) is 4.47. The number of ether oxygens (including phenoxy) is 2. The number of hydrogen-bond donors (Lipinski definition) is 0. The van der Waals surface area contributed by atoms with Gasteiger partial charge in [0.2, 0.25) is 5.65 Å². The molecule has 0 N–H and O–H groups in total. The van der Waals surface area contributed by atoms with Crippen LogP contribution >= 0.6 is 0 Å². The van der Waals surface area contributed by atoms with Gasteiger partial charge in [-0.1, -0.05) is 18.2 Å². The van der Waals surface area contributed by atoms with Gasteiger partial charge in [0.25, 0.3) is 0 Å². The molecule has 130 valence electrons. The topological polar surface area (TPSA) is 64.8 Å². The fourth-order valence-corrected chi connectivity index (χ4v) is 3.27. The highest BCUT2D eigenvalue weighted by Gasteiger charge is 2.23. The molecule has 7 nitrogen and oxygen atoms in total. The highest BCUT2D eigenvalue weighted by atomic mass is 16.5. The molecule has 1 aliphatic heterocycles. The normalized spacial score (nSPS) is 17.1. The molecule has 0 radical (unpaired) electrons. The lowest BCUT2D eigenvalue weighted by Crippen LogP contribution is -2.33. The Bertz CT molecular complexity index is 844. The molecule has 3 heterocycles. The maximum atomic E-state index is 5.85. The second-order valence-electron chi connectivity index (χ2n) is 6.14. The summed E-state index contributed by atoms with van der Waals surface area (Å²) in [4.78, 5) is 6.79. The molecule has 0 bridgehead atoms. The summed E-state index contributed by atoms with van der Waals surface area (Å²) in [6.45, 7) is 2.26. The zero-order valence-electron chi connectivity index (χ0n) is 14.2. The zero-order chi connectivity index (χ0) is 17.1. The average molecular weight is 339 g/mol. The summed E-state index contributed by atoms with van der Waals surface area (Å²) in [6, 6.07) is 8.05. The van der Waals surface area contributed by atoms with Crippen molar-refractivity contribution in [3.05, 3.63) is 48.5 Å². The second-order valence-corrected chi connectivity index (χ2v) is 6.14. The van der Waals surface area contributed by atoms with Gasteiger partial charge in [0, 0.05) is 37.7 Å². The third kappa shape index (κ3) is 3.28. The number of para-hydroxylation sites is 1. The molecule has 0 aliphatic carbocycles. The van der Waals surface area contributed by atoms with Gasteiger partial charge in [-0.2, -0.15) is 0 Å². The monoisotopic (exact) mass is 339 g/mol. The van der Waals surface area contributed by atoms with Crippen molar-refractivity contribution in [1.29, 1.82) is 0 Å². The molecule has 0 unspecified atom stereocenters. The van der Waals surface area contributed by atoms with Crippen LogP contribution in [0.4, 0.5) is 5.82 Å². The highest BCUT2D eigenvalue weighted by molar-refractivity contribution is 5.63. The Morgan fingerprint density at radius 3 is 3.12 bits per heavy atom. The van der Waals surface area contributed by atoms with E-state index < -0.39 is 0 Å². The molecule has 1 aromatic carbocycles. The third-order valence-electron chi connectivity index (χ3n) is 4.50. The molecule has 0 spiro atoms. The lowest BCUT2D eigenvalue weighted by molar-refractivity contribution is 0.115. The predicted octanol–water partition coefficient (Wildman–Crippen LogP) is 2.32. The van der Waals surface area contributed by atoms with Crippen LogP contribution in [0.25, 0.3) is 5.65 Å². The Morgan fingerprint density at radius 2 is 2.28 bits per heavy atom. The van der Waals surface area contributed by atoms with Crippen molar-refractivity contribution in [2.45, 2.75) is 25.5 Å². The van der Waals surface area contributed by atoms with Crippen molar-refractivity contribution in [3.63, 3.8) is 0 Å². The fourth-order valence-electron chi connectivity index (χ4n) is 3.27. The number of methoxy groups -OCH3 is 1. The number of anilines is 1. The summed E-state index contributed by atoms with van der Waals surface area (Å²) < 4.78 is 13.2. The molecular weight excluding hydrogens is 318 g/mol. The van der Waals surface area contributed by atoms with E-state index in [4.69, 9.17) is 9.47 Å². The van der Waals surface area contributed by atoms with E-state index in [2.05, 4.69) is 26.1 Å². The summed E-state index contributed by atoms with van der Waals surface area (Å²) in [5.74, 6) is 1.68. The van der Waals surface area contributed by atoms with Crippen LogP contribution < -0.4 is 9.64 Å². The van der Waals surface area contributed by atoms with Gasteiger partial charge >= 0.3 is 0 Å². The van der Waals surface area contributed by atoms with E-state index in [1.807, 2.05) is 28.8 Å². The molecule has 4 rings (SSSR count). The standard InChI is InChI=1S/C18H21N5O2/c1-24-16-7-3-2-5-14(16)11-23(12-15-6-4-10-25-15)17-18-21-20-13-22(18)9-8-19-17/h2-3,5,7-9,13,15H,4,6,10-12H2,1H3/t15-/m1/s1. The van der Waals surface area contributed by atoms with Crippen LogP contribution in [0.3, 0.4) is 0 Å². The predicted molar refractivity (Wildman–Crippen MR) is 93.8 cm³/mol. The van der Waals surface area contributed by atoms with E-state index in [9.17, 15) is 0 Å². The largest absolute Gasteiger partial charge is 0.496 e. The minimum Gasteiger partial charge on any atom is -0.496 e. The minimum atomic E-state index is 0.208. The number of fused-ring (bicyclic) bond motifs is 1. The van der Waals surface area contributed by atoms with Gasteiger partial charge in [-0.25, -0.2) is 4.98 Å². The molecular formula is C18H21N5O2. The Morgan fingerprint density at radius 1 is 1.36 bits per heavy atom. The highest BCUT2D eigenvalue weighted by Crippen LogP contribution is 2.26. The van der Waals surface area contributed by atoms with Gasteiger partial charge in [-0.3, -0.25) is 4.40 Å². The smallest absolute Gasteiger partial charge is 0.203 e. The molecule has 1 aliphatic rings. The molecule has 2 aromatic heterocycles. The van der Waals surface area contributed by atoms with Crippen molar-refractivity contribution in [3.8, 4) is 5.75 Å². The van der Waals surface area contributed by atoms with Crippen molar-refractivity contribution >= 4 is 11.5 Å². The lowest BCUT2D eigenvalue weighted by atomic mass is 10.1. The number of nitrogens with zero attached hydrogens (tertiary/aromatic N) is 5. The Balaban J connectivity index is 1.69. The average Bonchev–Trinajstić information content (AvgIpc) is 3.32. The second kappa shape index (κ2) is 7.06. The maximum absolute atomic E-state index is 5.85. The van der Waals surface area contributed by atoms with Gasteiger partial charge in [0.1, 0.15) is 12.1 Å². The number of rotatable bonds is 6. The summed E-state index contributed by atoms with van der Waals surface area (Å²) in [6.07, 6.45) is 7.70. The summed E-state index contributed by atoms with van der Waals surface area (Å²) in [7, 11) is 1.70. The Labute approximate surface area is 146 Å². The van der Waals surface area contributed by atoms with Crippen molar-refractivity contribution in [1.82, 2.24) is 19.6 Å². The third-order valence-corrected chi connectivity index (χ3v) is 4.50. The van der Waals surface area contributed by atoms with Crippen LogP contribution in [0.15, 0.2) is 43.0 Å². The molecule has 3 aromatic rings. The minimum absolute atomic E-state index is 0.208. The van der Waals surface area contributed by atoms with Crippen molar-refractivity contribution in [2.24, 2.45) is 0 Å². The number of hydrogen-bond acceptors (Lipinski definition) is 6. The molecule has 25 heavy (non-hydrogen) atoms. The number of aromatic nitrogens is 4. The van der Waals surface area contributed by atoms with Gasteiger partial charge < -0.3 is 14.4 Å². The number of benzene rings is 1. The van der Waals surface area contributed by atoms with E-state index in [0.29, 0.717) is 6.54 Å². The van der Waals surface area contributed by atoms with E-state index in [1.54, 1.807) is 19.6 Å². The fraction of sp³-hybridized carbons (Fsp3) is 0.389. The van der Waals surface area contributed by atoms with E-state index in [1.165, 1.54) is 0 Å². The first-order valence-electron chi connectivity index (χ1n) is 8.48. The van der Waals surface area contributed by atoms with Crippen LogP contribution in [0.1, 0.15) is 18.4 Å². The molecule has 0 amide bonds. The maximum Gasteiger partial charge on any atom is 0.203 e. The first-order chi connectivity index (χ1) is 12.3. The quantitative estimate of drug-likeness (QED) is 0.687. The van der Waals surface area contributed by atoms with E-state index >= 15 is 0 Å². The van der Waals surface area contributed by atoms with E-state index in [-0.39, 0.29) is 6.10 Å². The van der Waals surface area contributed by atoms with Crippen LogP contribution in [-0.4, -0.2) is 45.9 Å². The first kappa shape index (κ1) is 15.8. The van der Waals surface area contributed by atoms with Crippen LogP contribution in [0.5, 0.6) is 5.75 Å². The van der Waals surface area contributed by atoms with Crippen molar-refractivity contribution in [2.75, 3.05) is 25.2 Å². The molecule has 1 fully saturated rings. The molecule has 1 saturated heterocycles. The van der Waals surface area contributed by atoms with Crippen LogP contribution in [0.2, 0.25) is 0 Å². The first-order valence-corrected chi connectivity index (χ1v) is 8.48. The zero-order valence-corrected chi connectivity index (χ0v) is 14.2. The molecule has 7 heteroatoms. The van der Waals surface area contributed by atoms with Crippen LogP contribution in [-0.2, 0) is 11.3 Å². The van der Waals surface area contributed by atoms with Gasteiger partial charge in [0.05, 0.1) is 13.2 Å². The molecule has 1 atom stereocenters. The summed E-state index contributed by atoms with van der Waals surface area (Å²) >= 11 is 0. The van der Waals surface area contributed by atoms with Gasteiger partial charge in [-0.05, 0) is 18.9 Å². The SMILES string of the molecule is COc1ccccc1CN(C[C@H]1CCCO1)c1nccn2cnnc12. The van der Waals surface area contributed by atoms with Gasteiger partial charge in [-0.15, -0.1) is 10.2 Å². The molecule has 0 saturated carbocycles. The Hall–Kier alpha value is -2.67. The lowest BCUT2D eigenvalue weighted by Gasteiger charge is -2.27. The van der Waals surface area contributed by atoms with E-state index in [0.717, 1.165) is 48.8 Å². The summed E-state index contributed by atoms with van der Waals surface area (Å²) in [5, 5.41) is 8.24. The van der Waals surface area contributed by atoms with Gasteiger partial charge in [0.15, 0.2) is 5.82 Å².